The van der Waals surface area contributed by atoms with E-state index in [0.717, 1.165) is 93.2 Å². The number of fused-ring (bicyclic) bond motifs is 2. The highest BCUT2D eigenvalue weighted by Gasteiger charge is 2.11. The highest BCUT2D eigenvalue weighted by molar-refractivity contribution is 5.82. The standard InChI is InChI=1S/2C17H18N4O/c1-3-5-14-16-15(21-17(18)20-14)9-8-13(19-16)11-6-4-7-12(10-11)22-2;1-3-4-14-16-15(21-17(18)20-14)10-9-13(19-16)11-5-7-12(22-2)8-6-11/h4,6-10H,3,5H2,1-2H3,(H2,18,20,21);5-10H,3-4H2,1-2H3,(H2,18,20,21). The van der Waals surface area contributed by atoms with Crippen LogP contribution in [-0.4, -0.2) is 44.1 Å². The van der Waals surface area contributed by atoms with Crippen molar-refractivity contribution in [3.05, 3.63) is 84.2 Å². The number of aromatic nitrogens is 6. The number of nitrogen functional groups attached to an aromatic ring is 2. The summed E-state index contributed by atoms with van der Waals surface area (Å²) in [5.74, 6) is 2.23. The first kappa shape index (κ1) is 30.1. The molecule has 0 radical (unpaired) electrons. The average molecular weight is 589 g/mol. The quantitative estimate of drug-likeness (QED) is 0.203. The van der Waals surface area contributed by atoms with E-state index in [1.54, 1.807) is 14.2 Å². The molecule has 4 N–H and O–H groups in total. The lowest BCUT2D eigenvalue weighted by Gasteiger charge is -2.08. The Balaban J connectivity index is 0.000000175. The van der Waals surface area contributed by atoms with E-state index in [1.807, 2.05) is 72.8 Å². The Bertz CT molecular complexity index is 1890. The van der Waals surface area contributed by atoms with Gasteiger partial charge >= 0.3 is 0 Å². The molecule has 0 spiro atoms. The van der Waals surface area contributed by atoms with Crippen molar-refractivity contribution < 1.29 is 9.47 Å². The van der Waals surface area contributed by atoms with Crippen LogP contribution < -0.4 is 20.9 Å². The summed E-state index contributed by atoms with van der Waals surface area (Å²) in [4.78, 5) is 26.7. The molecular weight excluding hydrogens is 552 g/mol. The van der Waals surface area contributed by atoms with Crippen LogP contribution in [0.2, 0.25) is 0 Å². The fourth-order valence-corrected chi connectivity index (χ4v) is 4.88. The summed E-state index contributed by atoms with van der Waals surface area (Å²) in [6, 6.07) is 23.4. The molecule has 0 atom stereocenters. The minimum Gasteiger partial charge on any atom is -0.497 e. The Kier molecular flexibility index (Phi) is 9.39. The number of anilines is 2. The lowest BCUT2D eigenvalue weighted by Crippen LogP contribution is -2.02. The Morgan fingerprint density at radius 1 is 0.545 bits per heavy atom. The molecule has 0 fully saturated rings. The van der Waals surface area contributed by atoms with Crippen LogP contribution >= 0.6 is 0 Å². The second kappa shape index (κ2) is 13.7. The number of methoxy groups -OCH3 is 2. The number of benzene rings is 2. The molecule has 6 rings (SSSR count). The second-order valence-corrected chi connectivity index (χ2v) is 10.1. The zero-order chi connectivity index (χ0) is 31.1. The summed E-state index contributed by atoms with van der Waals surface area (Å²) in [7, 11) is 3.31. The normalized spacial score (nSPS) is 10.8. The molecule has 0 aliphatic heterocycles. The topological polar surface area (TPSA) is 148 Å². The van der Waals surface area contributed by atoms with Crippen molar-refractivity contribution in [3.8, 4) is 34.0 Å². The third-order valence-corrected chi connectivity index (χ3v) is 6.99. The first-order valence-corrected chi connectivity index (χ1v) is 14.6. The maximum atomic E-state index is 5.78. The van der Waals surface area contributed by atoms with Gasteiger partial charge in [0.15, 0.2) is 0 Å². The third-order valence-electron chi connectivity index (χ3n) is 6.99. The highest BCUT2D eigenvalue weighted by Crippen LogP contribution is 2.26. The summed E-state index contributed by atoms with van der Waals surface area (Å²) in [5.41, 5.74) is 20.3. The maximum absolute atomic E-state index is 5.78. The van der Waals surface area contributed by atoms with Crippen LogP contribution in [0.4, 0.5) is 11.9 Å². The van der Waals surface area contributed by atoms with E-state index in [0.29, 0.717) is 11.9 Å². The fourth-order valence-electron chi connectivity index (χ4n) is 4.88. The van der Waals surface area contributed by atoms with E-state index in [9.17, 15) is 0 Å². The second-order valence-electron chi connectivity index (χ2n) is 10.1. The largest absolute Gasteiger partial charge is 0.497 e. The van der Waals surface area contributed by atoms with Gasteiger partial charge in [0, 0.05) is 11.1 Å². The SMILES string of the molecule is CCCc1nc(N)nc2ccc(-c3ccc(OC)cc3)nc12.CCCc1nc(N)nc2ccc(-c3cccc(OC)c3)nc12. The number of nitrogens with two attached hydrogens (primary N) is 2. The lowest BCUT2D eigenvalue weighted by molar-refractivity contribution is 0.415. The molecule has 10 heteroatoms. The molecular formula is C34H36N8O2. The van der Waals surface area contributed by atoms with Crippen LogP contribution in [-0.2, 0) is 12.8 Å². The molecule has 0 saturated carbocycles. The van der Waals surface area contributed by atoms with E-state index >= 15 is 0 Å². The molecule has 0 aliphatic rings. The molecule has 6 aromatic rings. The number of ether oxygens (including phenoxy) is 2. The van der Waals surface area contributed by atoms with E-state index < -0.39 is 0 Å². The minimum atomic E-state index is 0.298. The highest BCUT2D eigenvalue weighted by atomic mass is 16.5. The van der Waals surface area contributed by atoms with Crippen LogP contribution in [0.1, 0.15) is 38.1 Å². The first-order valence-electron chi connectivity index (χ1n) is 14.6. The van der Waals surface area contributed by atoms with Gasteiger partial charge in [-0.3, -0.25) is 0 Å². The molecule has 224 valence electrons. The van der Waals surface area contributed by atoms with Gasteiger partial charge in [0.2, 0.25) is 11.9 Å². The number of aryl methyl sites for hydroxylation is 2. The van der Waals surface area contributed by atoms with Crippen molar-refractivity contribution in [2.75, 3.05) is 25.7 Å². The monoisotopic (exact) mass is 588 g/mol. The Morgan fingerprint density at radius 2 is 1.07 bits per heavy atom. The van der Waals surface area contributed by atoms with Crippen molar-refractivity contribution in [1.29, 1.82) is 0 Å². The van der Waals surface area contributed by atoms with E-state index in [1.165, 1.54) is 0 Å². The molecule has 0 amide bonds. The van der Waals surface area contributed by atoms with E-state index in [2.05, 4.69) is 33.8 Å². The number of hydrogen-bond acceptors (Lipinski definition) is 10. The van der Waals surface area contributed by atoms with Gasteiger partial charge in [-0.05, 0) is 73.5 Å². The smallest absolute Gasteiger partial charge is 0.220 e. The van der Waals surface area contributed by atoms with Crippen molar-refractivity contribution in [3.63, 3.8) is 0 Å². The zero-order valence-electron chi connectivity index (χ0n) is 25.4. The molecule has 10 nitrogen and oxygen atoms in total. The Labute approximate surface area is 256 Å². The van der Waals surface area contributed by atoms with Crippen LogP contribution in [0.25, 0.3) is 44.6 Å². The molecule has 0 bridgehead atoms. The van der Waals surface area contributed by atoms with Crippen molar-refractivity contribution in [1.82, 2.24) is 29.9 Å². The average Bonchev–Trinajstić information content (AvgIpc) is 3.05. The van der Waals surface area contributed by atoms with Crippen LogP contribution in [0.3, 0.4) is 0 Å². The molecule has 4 heterocycles. The summed E-state index contributed by atoms with van der Waals surface area (Å²) >= 11 is 0. The minimum absolute atomic E-state index is 0.298. The van der Waals surface area contributed by atoms with Gasteiger partial charge < -0.3 is 20.9 Å². The number of hydrogen-bond donors (Lipinski definition) is 2. The van der Waals surface area contributed by atoms with Crippen LogP contribution in [0.15, 0.2) is 72.8 Å². The first-order chi connectivity index (χ1) is 21.4. The van der Waals surface area contributed by atoms with E-state index in [-0.39, 0.29) is 0 Å². The number of rotatable bonds is 8. The summed E-state index contributed by atoms with van der Waals surface area (Å²) in [5, 5.41) is 0. The molecule has 0 unspecified atom stereocenters. The van der Waals surface area contributed by atoms with Gasteiger partial charge in [-0.1, -0.05) is 38.8 Å². The summed E-state index contributed by atoms with van der Waals surface area (Å²) in [6.07, 6.45) is 3.64. The summed E-state index contributed by atoms with van der Waals surface area (Å²) in [6.45, 7) is 4.22. The van der Waals surface area contributed by atoms with Gasteiger partial charge in [-0.2, -0.15) is 0 Å². The van der Waals surface area contributed by atoms with E-state index in [4.69, 9.17) is 30.9 Å². The Morgan fingerprint density at radius 3 is 1.57 bits per heavy atom. The molecule has 0 aliphatic carbocycles. The number of pyridine rings is 2. The fraction of sp³-hybridized carbons (Fsp3) is 0.235. The summed E-state index contributed by atoms with van der Waals surface area (Å²) < 4.78 is 10.5. The van der Waals surface area contributed by atoms with Gasteiger partial charge in [-0.15, -0.1) is 0 Å². The molecule has 2 aromatic carbocycles. The molecule has 4 aromatic heterocycles. The van der Waals surface area contributed by atoms with Crippen LogP contribution in [0.5, 0.6) is 11.5 Å². The van der Waals surface area contributed by atoms with Gasteiger partial charge in [0.1, 0.15) is 22.5 Å². The maximum Gasteiger partial charge on any atom is 0.220 e. The Hall–Kier alpha value is -5.38. The molecule has 44 heavy (non-hydrogen) atoms. The van der Waals surface area contributed by atoms with Crippen LogP contribution in [0, 0.1) is 0 Å². The van der Waals surface area contributed by atoms with Gasteiger partial charge in [0.05, 0.1) is 48.0 Å². The molecule has 0 saturated heterocycles. The predicted octanol–water partition coefficient (Wildman–Crippen LogP) is 6.47. The van der Waals surface area contributed by atoms with Crippen molar-refractivity contribution in [2.24, 2.45) is 0 Å². The third kappa shape index (κ3) is 6.81. The predicted molar refractivity (Wildman–Crippen MR) is 175 cm³/mol. The number of nitrogens with zero attached hydrogens (tertiary/aromatic N) is 6. The van der Waals surface area contributed by atoms with Gasteiger partial charge in [0.25, 0.3) is 0 Å². The zero-order valence-corrected chi connectivity index (χ0v) is 25.4. The lowest BCUT2D eigenvalue weighted by atomic mass is 10.1. The van der Waals surface area contributed by atoms with Crippen molar-refractivity contribution in [2.45, 2.75) is 39.5 Å². The van der Waals surface area contributed by atoms with Crippen molar-refractivity contribution >= 4 is 34.0 Å². The van der Waals surface area contributed by atoms with Gasteiger partial charge in [-0.25, -0.2) is 29.9 Å².